The number of amides is 1. The predicted octanol–water partition coefficient (Wildman–Crippen LogP) is 2.66. The monoisotopic (exact) mass is 253 g/mol. The van der Waals surface area contributed by atoms with E-state index in [4.69, 9.17) is 4.74 Å². The lowest BCUT2D eigenvalue weighted by molar-refractivity contribution is -0.133. The van der Waals surface area contributed by atoms with Gasteiger partial charge >= 0.3 is 6.09 Å². The van der Waals surface area contributed by atoms with Gasteiger partial charge in [0.05, 0.1) is 0 Å². The van der Waals surface area contributed by atoms with E-state index >= 15 is 0 Å². The highest BCUT2D eigenvalue weighted by molar-refractivity contribution is 5.86. The number of hydrogen-bond acceptors (Lipinski definition) is 3. The Morgan fingerprint density at radius 3 is 2.61 bits per heavy atom. The van der Waals surface area contributed by atoms with E-state index in [9.17, 15) is 9.59 Å². The summed E-state index contributed by atoms with van der Waals surface area (Å²) in [6.45, 7) is 5.53. The maximum atomic E-state index is 12.1. The quantitative estimate of drug-likeness (QED) is 0.781. The lowest BCUT2D eigenvalue weighted by Crippen LogP contribution is -2.51. The molecule has 1 N–H and O–H groups in total. The Kier molecular flexibility index (Phi) is 3.64. The number of nitrogens with one attached hydrogen (secondary N) is 1. The Morgan fingerprint density at radius 2 is 1.94 bits per heavy atom. The molecule has 0 spiro atoms. The number of ketones is 1. The first-order valence-corrected chi connectivity index (χ1v) is 6.90. The Bertz CT molecular complexity index is 345. The van der Waals surface area contributed by atoms with Crippen molar-refractivity contribution in [2.75, 3.05) is 0 Å². The Hall–Kier alpha value is -1.06. The van der Waals surface area contributed by atoms with Gasteiger partial charge in [-0.25, -0.2) is 4.79 Å². The molecular weight excluding hydrogens is 230 g/mol. The molecule has 0 aromatic rings. The summed E-state index contributed by atoms with van der Waals surface area (Å²) < 4.78 is 5.25. The van der Waals surface area contributed by atoms with Crippen LogP contribution in [0.2, 0.25) is 0 Å². The zero-order chi connectivity index (χ0) is 13.3. The molecule has 0 unspecified atom stereocenters. The van der Waals surface area contributed by atoms with Gasteiger partial charge in [0.1, 0.15) is 11.4 Å². The largest absolute Gasteiger partial charge is 0.444 e. The van der Waals surface area contributed by atoms with Crippen molar-refractivity contribution < 1.29 is 14.3 Å². The highest BCUT2D eigenvalue weighted by Gasteiger charge is 2.41. The van der Waals surface area contributed by atoms with E-state index in [0.717, 1.165) is 32.1 Å². The molecule has 0 radical (unpaired) electrons. The fraction of sp³-hybridized carbons (Fsp3) is 0.857. The topological polar surface area (TPSA) is 55.4 Å². The standard InChI is InChI=1S/C14H23NO3/c1-14(2,3)18-13(17)15-11-8-7-9-5-4-6-10(11)12(9)16/h9-11H,4-8H2,1-3H3,(H,15,17)/t9-,10+,11-/m1/s1. The smallest absolute Gasteiger partial charge is 0.407 e. The predicted molar refractivity (Wildman–Crippen MR) is 68.2 cm³/mol. The summed E-state index contributed by atoms with van der Waals surface area (Å²) in [6.07, 6.45) is 4.47. The van der Waals surface area contributed by atoms with E-state index < -0.39 is 11.7 Å². The first kappa shape index (κ1) is 13.4. The van der Waals surface area contributed by atoms with E-state index in [1.165, 1.54) is 0 Å². The number of Topliss-reactive ketones (excluding diaryl/α,β-unsaturated/α-hetero) is 1. The second-order valence-corrected chi connectivity index (χ2v) is 6.47. The highest BCUT2D eigenvalue weighted by Crippen LogP contribution is 2.37. The van der Waals surface area contributed by atoms with Crippen LogP contribution in [0.25, 0.3) is 0 Å². The number of rotatable bonds is 1. The molecular formula is C14H23NO3. The van der Waals surface area contributed by atoms with Crippen molar-refractivity contribution in [2.24, 2.45) is 11.8 Å². The van der Waals surface area contributed by atoms with Crippen LogP contribution in [0, 0.1) is 11.8 Å². The number of carbonyl (C=O) groups excluding carboxylic acids is 2. The average Bonchev–Trinajstić information content (AvgIpc) is 2.19. The molecule has 102 valence electrons. The average molecular weight is 253 g/mol. The van der Waals surface area contributed by atoms with Gasteiger partial charge in [-0.1, -0.05) is 6.42 Å². The van der Waals surface area contributed by atoms with Gasteiger partial charge in [-0.05, 0) is 46.5 Å². The second-order valence-electron chi connectivity index (χ2n) is 6.47. The van der Waals surface area contributed by atoms with Gasteiger partial charge in [0, 0.05) is 17.9 Å². The molecule has 2 rings (SSSR count). The lowest BCUT2D eigenvalue weighted by Gasteiger charge is -2.39. The second kappa shape index (κ2) is 4.90. The number of fused-ring (bicyclic) bond motifs is 2. The third kappa shape index (κ3) is 3.03. The van der Waals surface area contributed by atoms with Crippen molar-refractivity contribution in [2.45, 2.75) is 64.5 Å². The number of carbonyl (C=O) groups is 2. The van der Waals surface area contributed by atoms with Crippen molar-refractivity contribution >= 4 is 11.9 Å². The minimum absolute atomic E-state index is 0.0185. The zero-order valence-corrected chi connectivity index (χ0v) is 11.5. The number of alkyl carbamates (subject to hydrolysis) is 1. The fourth-order valence-electron chi connectivity index (χ4n) is 3.07. The van der Waals surface area contributed by atoms with Crippen LogP contribution in [-0.4, -0.2) is 23.5 Å². The molecule has 2 bridgehead atoms. The molecule has 4 nitrogen and oxygen atoms in total. The van der Waals surface area contributed by atoms with Crippen molar-refractivity contribution in [1.82, 2.24) is 5.32 Å². The Labute approximate surface area is 108 Å². The minimum Gasteiger partial charge on any atom is -0.444 e. The van der Waals surface area contributed by atoms with Crippen molar-refractivity contribution in [1.29, 1.82) is 0 Å². The Morgan fingerprint density at radius 1 is 1.22 bits per heavy atom. The van der Waals surface area contributed by atoms with Gasteiger partial charge < -0.3 is 10.1 Å². The maximum Gasteiger partial charge on any atom is 0.407 e. The van der Waals surface area contributed by atoms with Crippen molar-refractivity contribution in [3.8, 4) is 0 Å². The van der Waals surface area contributed by atoms with E-state index in [-0.39, 0.29) is 17.9 Å². The molecule has 2 saturated carbocycles. The van der Waals surface area contributed by atoms with Gasteiger partial charge in [-0.15, -0.1) is 0 Å². The van der Waals surface area contributed by atoms with Crippen LogP contribution in [0.1, 0.15) is 52.9 Å². The van der Waals surface area contributed by atoms with E-state index in [1.807, 2.05) is 20.8 Å². The van der Waals surface area contributed by atoms with Crippen LogP contribution in [0.15, 0.2) is 0 Å². The molecule has 0 aromatic carbocycles. The summed E-state index contributed by atoms with van der Waals surface area (Å²) in [5, 5.41) is 2.88. The minimum atomic E-state index is -0.488. The SMILES string of the molecule is CC(C)(C)OC(=O)N[C@@H]1CC[C@H]2CCC[C@@H]1C2=O. The molecule has 0 saturated heterocycles. The molecule has 0 heterocycles. The molecule has 2 fully saturated rings. The first-order valence-electron chi connectivity index (χ1n) is 6.90. The highest BCUT2D eigenvalue weighted by atomic mass is 16.6. The van der Waals surface area contributed by atoms with Gasteiger partial charge in [0.25, 0.3) is 0 Å². The summed E-state index contributed by atoms with van der Waals surface area (Å²) >= 11 is 0. The third-order valence-corrected chi connectivity index (χ3v) is 3.85. The molecule has 0 aliphatic heterocycles. The summed E-state index contributed by atoms with van der Waals surface area (Å²) in [6, 6.07) is -0.0242. The van der Waals surface area contributed by atoms with Gasteiger partial charge in [0.15, 0.2) is 0 Å². The van der Waals surface area contributed by atoms with E-state index in [0.29, 0.717) is 5.78 Å². The molecule has 0 aromatic heterocycles. The van der Waals surface area contributed by atoms with Crippen LogP contribution in [-0.2, 0) is 9.53 Å². The number of hydrogen-bond donors (Lipinski definition) is 1. The van der Waals surface area contributed by atoms with Crippen LogP contribution in [0.5, 0.6) is 0 Å². The van der Waals surface area contributed by atoms with Crippen molar-refractivity contribution in [3.63, 3.8) is 0 Å². The summed E-state index contributed by atoms with van der Waals surface area (Å²) in [4.78, 5) is 23.8. The molecule has 2 aliphatic rings. The van der Waals surface area contributed by atoms with Crippen LogP contribution in [0.3, 0.4) is 0 Å². The van der Waals surface area contributed by atoms with Gasteiger partial charge in [0.2, 0.25) is 0 Å². The third-order valence-electron chi connectivity index (χ3n) is 3.85. The van der Waals surface area contributed by atoms with Crippen LogP contribution < -0.4 is 5.32 Å². The van der Waals surface area contributed by atoms with E-state index in [2.05, 4.69) is 5.32 Å². The van der Waals surface area contributed by atoms with Gasteiger partial charge in [-0.3, -0.25) is 4.79 Å². The summed E-state index contributed by atoms with van der Waals surface area (Å²) in [7, 11) is 0. The van der Waals surface area contributed by atoms with Crippen molar-refractivity contribution in [3.05, 3.63) is 0 Å². The van der Waals surface area contributed by atoms with Gasteiger partial charge in [-0.2, -0.15) is 0 Å². The summed E-state index contributed by atoms with van der Waals surface area (Å²) in [5.41, 5.74) is -0.488. The molecule has 3 atom stereocenters. The zero-order valence-electron chi connectivity index (χ0n) is 11.5. The molecule has 1 amide bonds. The summed E-state index contributed by atoms with van der Waals surface area (Å²) in [5.74, 6) is 0.624. The normalized spacial score (nSPS) is 31.9. The molecule has 4 heteroatoms. The van der Waals surface area contributed by atoms with Crippen LogP contribution >= 0.6 is 0 Å². The van der Waals surface area contributed by atoms with E-state index in [1.54, 1.807) is 0 Å². The Balaban J connectivity index is 1.93. The first-order chi connectivity index (χ1) is 8.37. The lowest BCUT2D eigenvalue weighted by atomic mass is 9.69. The fourth-order valence-corrected chi connectivity index (χ4v) is 3.07. The number of ether oxygens (including phenoxy) is 1. The maximum absolute atomic E-state index is 12.1. The van der Waals surface area contributed by atoms with Crippen LogP contribution in [0.4, 0.5) is 4.79 Å². The molecule has 18 heavy (non-hydrogen) atoms. The molecule has 2 aliphatic carbocycles.